The molecule has 8 heteroatoms. The molecule has 0 radical (unpaired) electrons. The third-order valence-corrected chi connectivity index (χ3v) is 4.02. The highest BCUT2D eigenvalue weighted by Crippen LogP contribution is 2.41. The first kappa shape index (κ1) is 16.6. The monoisotopic (exact) mass is 337 g/mol. The van der Waals surface area contributed by atoms with E-state index in [1.165, 1.54) is 0 Å². The zero-order valence-corrected chi connectivity index (χ0v) is 14.2. The minimum Gasteiger partial charge on any atom is -0.317 e. The number of H-pyrrole nitrogens is 1. The van der Waals surface area contributed by atoms with Gasteiger partial charge in [-0.3, -0.25) is 14.6 Å². The SMILES string of the molecule is Cc1[nH]nc(C(F)F)c1NC(=O)c1cc(C2CC2)n(C(C)(C)C)n1. The number of hydrogen-bond acceptors (Lipinski definition) is 3. The van der Waals surface area contributed by atoms with E-state index < -0.39 is 18.0 Å². The molecular formula is C16H21F2N5O. The summed E-state index contributed by atoms with van der Waals surface area (Å²) >= 11 is 0. The second kappa shape index (κ2) is 5.68. The van der Waals surface area contributed by atoms with E-state index in [1.54, 1.807) is 13.0 Å². The van der Waals surface area contributed by atoms with Crippen LogP contribution in [0, 0.1) is 6.92 Å². The van der Waals surface area contributed by atoms with Gasteiger partial charge in [-0.2, -0.15) is 10.2 Å². The first-order chi connectivity index (χ1) is 11.2. The van der Waals surface area contributed by atoms with Crippen molar-refractivity contribution in [2.45, 2.75) is 58.4 Å². The van der Waals surface area contributed by atoms with Crippen LogP contribution in [-0.4, -0.2) is 25.9 Å². The van der Waals surface area contributed by atoms with E-state index in [4.69, 9.17) is 0 Å². The lowest BCUT2D eigenvalue weighted by Crippen LogP contribution is -2.26. The summed E-state index contributed by atoms with van der Waals surface area (Å²) in [7, 11) is 0. The molecule has 1 aliphatic rings. The Morgan fingerprint density at radius 3 is 2.62 bits per heavy atom. The average molecular weight is 337 g/mol. The van der Waals surface area contributed by atoms with Gasteiger partial charge in [0, 0.05) is 11.6 Å². The van der Waals surface area contributed by atoms with Gasteiger partial charge in [-0.05, 0) is 46.6 Å². The van der Waals surface area contributed by atoms with E-state index in [-0.39, 0.29) is 16.9 Å². The van der Waals surface area contributed by atoms with Crippen LogP contribution in [0.1, 0.15) is 73.5 Å². The zero-order valence-electron chi connectivity index (χ0n) is 14.2. The number of rotatable bonds is 4. The molecule has 1 amide bonds. The van der Waals surface area contributed by atoms with E-state index >= 15 is 0 Å². The highest BCUT2D eigenvalue weighted by atomic mass is 19.3. The summed E-state index contributed by atoms with van der Waals surface area (Å²) < 4.78 is 27.8. The second-order valence-corrected chi connectivity index (χ2v) is 7.18. The smallest absolute Gasteiger partial charge is 0.284 e. The number of nitrogens with one attached hydrogen (secondary N) is 2. The molecule has 0 bridgehead atoms. The van der Waals surface area contributed by atoms with Gasteiger partial charge in [-0.15, -0.1) is 0 Å². The number of anilines is 1. The number of aromatic nitrogens is 4. The number of alkyl halides is 2. The Morgan fingerprint density at radius 2 is 2.08 bits per heavy atom. The maximum absolute atomic E-state index is 13.0. The van der Waals surface area contributed by atoms with Crippen LogP contribution >= 0.6 is 0 Å². The number of hydrogen-bond donors (Lipinski definition) is 2. The van der Waals surface area contributed by atoms with Gasteiger partial charge < -0.3 is 5.32 Å². The highest BCUT2D eigenvalue weighted by Gasteiger charge is 2.33. The quantitative estimate of drug-likeness (QED) is 0.892. The van der Waals surface area contributed by atoms with E-state index in [0.717, 1.165) is 18.5 Å². The van der Waals surface area contributed by atoms with Gasteiger partial charge in [0.15, 0.2) is 11.4 Å². The molecule has 1 saturated carbocycles. The molecule has 0 aliphatic heterocycles. The molecule has 3 rings (SSSR count). The topological polar surface area (TPSA) is 75.6 Å². The lowest BCUT2D eigenvalue weighted by Gasteiger charge is -2.22. The molecule has 0 spiro atoms. The third kappa shape index (κ3) is 3.05. The maximum Gasteiger partial charge on any atom is 0.284 e. The third-order valence-electron chi connectivity index (χ3n) is 4.02. The second-order valence-electron chi connectivity index (χ2n) is 7.18. The molecule has 24 heavy (non-hydrogen) atoms. The summed E-state index contributed by atoms with van der Waals surface area (Å²) in [6.07, 6.45) is -0.599. The minimum absolute atomic E-state index is 0.0216. The molecule has 2 N–H and O–H groups in total. The van der Waals surface area contributed by atoms with Crippen molar-refractivity contribution in [3.8, 4) is 0 Å². The van der Waals surface area contributed by atoms with E-state index in [9.17, 15) is 13.6 Å². The molecule has 1 aliphatic carbocycles. The molecule has 0 atom stereocenters. The van der Waals surface area contributed by atoms with Crippen molar-refractivity contribution >= 4 is 11.6 Å². The van der Waals surface area contributed by atoms with Crippen molar-refractivity contribution in [1.82, 2.24) is 20.0 Å². The van der Waals surface area contributed by atoms with Crippen molar-refractivity contribution in [3.05, 3.63) is 28.8 Å². The van der Waals surface area contributed by atoms with Gasteiger partial charge in [0.2, 0.25) is 0 Å². The molecule has 0 aromatic carbocycles. The van der Waals surface area contributed by atoms with Gasteiger partial charge >= 0.3 is 0 Å². The van der Waals surface area contributed by atoms with Gasteiger partial charge in [0.25, 0.3) is 12.3 Å². The van der Waals surface area contributed by atoms with Gasteiger partial charge in [-0.1, -0.05) is 0 Å². The minimum atomic E-state index is -2.76. The van der Waals surface area contributed by atoms with Crippen LogP contribution in [0.15, 0.2) is 6.07 Å². The van der Waals surface area contributed by atoms with Crippen molar-refractivity contribution in [2.75, 3.05) is 5.32 Å². The molecule has 130 valence electrons. The van der Waals surface area contributed by atoms with Crippen LogP contribution < -0.4 is 5.32 Å². The Bertz CT molecular complexity index is 768. The molecule has 2 heterocycles. The van der Waals surface area contributed by atoms with E-state index in [2.05, 4.69) is 20.6 Å². The van der Waals surface area contributed by atoms with Crippen LogP contribution in [0.5, 0.6) is 0 Å². The molecular weight excluding hydrogens is 316 g/mol. The number of carbonyl (C=O) groups is 1. The maximum atomic E-state index is 13.0. The van der Waals surface area contributed by atoms with Crippen LogP contribution in [0.2, 0.25) is 0 Å². The number of aromatic amines is 1. The molecule has 0 saturated heterocycles. The summed E-state index contributed by atoms with van der Waals surface area (Å²) in [5, 5.41) is 13.0. The fourth-order valence-corrected chi connectivity index (χ4v) is 2.65. The number of halogens is 2. The zero-order chi connectivity index (χ0) is 17.6. The first-order valence-electron chi connectivity index (χ1n) is 7.93. The standard InChI is InChI=1S/C16H21F2N5O/c1-8-12(13(14(17)18)21-20-8)19-15(24)10-7-11(9-5-6-9)23(22-10)16(2,3)4/h7,9,14H,5-6H2,1-4H3,(H,19,24)(H,20,21). The van der Waals surface area contributed by atoms with Crippen LogP contribution in [0.25, 0.3) is 0 Å². The predicted octanol–water partition coefficient (Wildman–Crippen LogP) is 3.74. The van der Waals surface area contributed by atoms with Crippen molar-refractivity contribution in [2.24, 2.45) is 0 Å². The summed E-state index contributed by atoms with van der Waals surface area (Å²) in [6.45, 7) is 7.63. The largest absolute Gasteiger partial charge is 0.317 e. The fraction of sp³-hybridized carbons (Fsp3) is 0.562. The van der Waals surface area contributed by atoms with E-state index in [1.807, 2.05) is 25.5 Å². The Hall–Kier alpha value is -2.25. The van der Waals surface area contributed by atoms with Gasteiger partial charge in [-0.25, -0.2) is 8.78 Å². The van der Waals surface area contributed by atoms with E-state index in [0.29, 0.717) is 11.6 Å². The molecule has 6 nitrogen and oxygen atoms in total. The first-order valence-corrected chi connectivity index (χ1v) is 7.93. The van der Waals surface area contributed by atoms with Crippen LogP contribution in [0.3, 0.4) is 0 Å². The Kier molecular flexibility index (Phi) is 3.93. The molecule has 1 fully saturated rings. The Balaban J connectivity index is 1.90. The Morgan fingerprint density at radius 1 is 1.42 bits per heavy atom. The fourth-order valence-electron chi connectivity index (χ4n) is 2.65. The number of nitrogens with zero attached hydrogens (tertiary/aromatic N) is 3. The summed E-state index contributed by atoms with van der Waals surface area (Å²) in [4.78, 5) is 12.5. The van der Waals surface area contributed by atoms with Gasteiger partial charge in [0.05, 0.1) is 16.9 Å². The summed E-state index contributed by atoms with van der Waals surface area (Å²) in [5.74, 6) is -0.0862. The number of carbonyl (C=O) groups excluding carboxylic acids is 1. The molecule has 2 aromatic rings. The van der Waals surface area contributed by atoms with Crippen molar-refractivity contribution < 1.29 is 13.6 Å². The summed E-state index contributed by atoms with van der Waals surface area (Å²) in [6, 6.07) is 1.76. The number of amides is 1. The van der Waals surface area contributed by atoms with Crippen LogP contribution in [-0.2, 0) is 5.54 Å². The highest BCUT2D eigenvalue weighted by molar-refractivity contribution is 6.03. The van der Waals surface area contributed by atoms with Crippen molar-refractivity contribution in [1.29, 1.82) is 0 Å². The normalized spacial score (nSPS) is 15.1. The molecule has 0 unspecified atom stereocenters. The predicted molar refractivity (Wildman–Crippen MR) is 85.4 cm³/mol. The molecule has 2 aromatic heterocycles. The van der Waals surface area contributed by atoms with Gasteiger partial charge in [0.1, 0.15) is 0 Å². The summed E-state index contributed by atoms with van der Waals surface area (Å²) in [5.41, 5.74) is 0.942. The number of aryl methyl sites for hydroxylation is 1. The van der Waals surface area contributed by atoms with Crippen LogP contribution in [0.4, 0.5) is 14.5 Å². The van der Waals surface area contributed by atoms with Crippen molar-refractivity contribution in [3.63, 3.8) is 0 Å². The average Bonchev–Trinajstić information content (AvgIpc) is 3.10. The Labute approximate surface area is 138 Å². The lowest BCUT2D eigenvalue weighted by molar-refractivity contribution is 0.102. The lowest BCUT2D eigenvalue weighted by atomic mass is 10.1.